The molecule has 0 spiro atoms. The molecule has 1 aromatic rings. The highest BCUT2D eigenvalue weighted by molar-refractivity contribution is 5.80. The van der Waals surface area contributed by atoms with Crippen molar-refractivity contribution in [3.63, 3.8) is 0 Å². The lowest BCUT2D eigenvalue weighted by molar-refractivity contribution is 0.228. The minimum Gasteiger partial charge on any atom is -0.497 e. The summed E-state index contributed by atoms with van der Waals surface area (Å²) in [6.45, 7) is 1.21. The van der Waals surface area contributed by atoms with E-state index in [4.69, 9.17) is 15.2 Å². The summed E-state index contributed by atoms with van der Waals surface area (Å²) >= 11 is 0. The molecule has 1 atom stereocenters. The SMILES string of the molecule is COc1ccc(CC2=NCC(CN)O2)cc1. The molecule has 0 aromatic heterocycles. The molecule has 1 aliphatic rings. The fraction of sp³-hybridized carbons (Fsp3) is 0.417. The summed E-state index contributed by atoms with van der Waals surface area (Å²) in [4.78, 5) is 4.31. The van der Waals surface area contributed by atoms with E-state index in [2.05, 4.69) is 4.99 Å². The van der Waals surface area contributed by atoms with Crippen LogP contribution in [0, 0.1) is 0 Å². The Morgan fingerprint density at radius 2 is 2.19 bits per heavy atom. The molecule has 1 aromatic carbocycles. The van der Waals surface area contributed by atoms with E-state index in [0.717, 1.165) is 23.6 Å². The summed E-state index contributed by atoms with van der Waals surface area (Å²) in [6.07, 6.45) is 0.786. The highest BCUT2D eigenvalue weighted by Crippen LogP contribution is 2.14. The molecule has 0 aliphatic carbocycles. The second-order valence-electron chi connectivity index (χ2n) is 3.73. The van der Waals surface area contributed by atoms with E-state index in [-0.39, 0.29) is 6.10 Å². The molecule has 0 amide bonds. The Morgan fingerprint density at radius 1 is 1.44 bits per heavy atom. The third-order valence-corrected chi connectivity index (χ3v) is 2.55. The Balaban J connectivity index is 1.94. The van der Waals surface area contributed by atoms with Crippen LogP contribution in [0.2, 0.25) is 0 Å². The van der Waals surface area contributed by atoms with Crippen molar-refractivity contribution in [1.82, 2.24) is 0 Å². The van der Waals surface area contributed by atoms with Crippen molar-refractivity contribution >= 4 is 5.90 Å². The first kappa shape index (κ1) is 11.0. The van der Waals surface area contributed by atoms with Crippen LogP contribution >= 0.6 is 0 Å². The lowest BCUT2D eigenvalue weighted by Gasteiger charge is -2.08. The molecule has 86 valence electrons. The normalized spacial score (nSPS) is 19.1. The summed E-state index contributed by atoms with van der Waals surface area (Å²) in [5, 5.41) is 0. The third kappa shape index (κ3) is 2.52. The summed E-state index contributed by atoms with van der Waals surface area (Å²) in [6, 6.07) is 7.90. The van der Waals surface area contributed by atoms with Crippen molar-refractivity contribution in [1.29, 1.82) is 0 Å². The average Bonchev–Trinajstić information content (AvgIpc) is 2.78. The number of benzene rings is 1. The number of hydrogen-bond donors (Lipinski definition) is 1. The average molecular weight is 220 g/mol. The highest BCUT2D eigenvalue weighted by Gasteiger charge is 2.17. The van der Waals surface area contributed by atoms with Gasteiger partial charge in [-0.25, -0.2) is 0 Å². The van der Waals surface area contributed by atoms with Crippen molar-refractivity contribution in [3.8, 4) is 5.75 Å². The molecule has 2 N–H and O–H groups in total. The van der Waals surface area contributed by atoms with Gasteiger partial charge < -0.3 is 15.2 Å². The Labute approximate surface area is 95.1 Å². The molecule has 0 saturated heterocycles. The lowest BCUT2D eigenvalue weighted by Crippen LogP contribution is -2.24. The zero-order valence-corrected chi connectivity index (χ0v) is 9.35. The van der Waals surface area contributed by atoms with Gasteiger partial charge in [-0.3, -0.25) is 4.99 Å². The molecule has 1 aliphatic heterocycles. The summed E-state index contributed by atoms with van der Waals surface area (Å²) in [5.41, 5.74) is 6.68. The zero-order chi connectivity index (χ0) is 11.4. The Kier molecular flexibility index (Phi) is 3.41. The molecule has 0 fully saturated rings. The molecule has 1 heterocycles. The first-order valence-corrected chi connectivity index (χ1v) is 5.35. The Morgan fingerprint density at radius 3 is 2.75 bits per heavy atom. The number of nitrogens with two attached hydrogens (primary N) is 1. The highest BCUT2D eigenvalue weighted by atomic mass is 16.5. The van der Waals surface area contributed by atoms with Crippen LogP contribution < -0.4 is 10.5 Å². The number of hydrogen-bond acceptors (Lipinski definition) is 4. The van der Waals surface area contributed by atoms with Crippen LogP contribution in [0.3, 0.4) is 0 Å². The fourth-order valence-corrected chi connectivity index (χ4v) is 1.61. The molecule has 0 saturated carbocycles. The van der Waals surface area contributed by atoms with Crippen molar-refractivity contribution in [2.24, 2.45) is 10.7 Å². The van der Waals surface area contributed by atoms with Gasteiger partial charge >= 0.3 is 0 Å². The number of methoxy groups -OCH3 is 1. The molecule has 4 nitrogen and oxygen atoms in total. The van der Waals surface area contributed by atoms with Gasteiger partial charge in [0.1, 0.15) is 11.9 Å². The van der Waals surface area contributed by atoms with E-state index in [1.807, 2.05) is 24.3 Å². The van der Waals surface area contributed by atoms with Crippen LogP contribution in [0.5, 0.6) is 5.75 Å². The monoisotopic (exact) mass is 220 g/mol. The van der Waals surface area contributed by atoms with Crippen LogP contribution in [-0.2, 0) is 11.2 Å². The number of nitrogens with zero attached hydrogens (tertiary/aromatic N) is 1. The molecule has 2 rings (SSSR count). The molecular weight excluding hydrogens is 204 g/mol. The van der Waals surface area contributed by atoms with Gasteiger partial charge in [0.2, 0.25) is 0 Å². The molecule has 4 heteroatoms. The third-order valence-electron chi connectivity index (χ3n) is 2.55. The van der Waals surface area contributed by atoms with Gasteiger partial charge in [0, 0.05) is 13.0 Å². The summed E-state index contributed by atoms with van der Waals surface area (Å²) < 4.78 is 10.7. The second kappa shape index (κ2) is 4.99. The van der Waals surface area contributed by atoms with E-state index in [1.165, 1.54) is 0 Å². The minimum atomic E-state index is 0.0632. The maximum atomic E-state index is 5.56. The van der Waals surface area contributed by atoms with Crippen molar-refractivity contribution in [3.05, 3.63) is 29.8 Å². The number of ether oxygens (including phenoxy) is 2. The summed E-state index contributed by atoms with van der Waals surface area (Å²) in [7, 11) is 1.66. The van der Waals surface area contributed by atoms with Crippen LogP contribution in [0.25, 0.3) is 0 Å². The predicted octanol–water partition coefficient (Wildman–Crippen LogP) is 0.994. The van der Waals surface area contributed by atoms with Crippen molar-refractivity contribution < 1.29 is 9.47 Å². The molecule has 0 radical (unpaired) electrons. The number of rotatable bonds is 4. The maximum absolute atomic E-state index is 5.56. The maximum Gasteiger partial charge on any atom is 0.188 e. The molecule has 1 unspecified atom stereocenters. The van der Waals surface area contributed by atoms with E-state index in [1.54, 1.807) is 7.11 Å². The van der Waals surface area contributed by atoms with Gasteiger partial charge in [-0.05, 0) is 17.7 Å². The van der Waals surface area contributed by atoms with Gasteiger partial charge in [-0.2, -0.15) is 0 Å². The predicted molar refractivity (Wildman–Crippen MR) is 62.9 cm³/mol. The van der Waals surface area contributed by atoms with E-state index < -0.39 is 0 Å². The molecular formula is C12H16N2O2. The van der Waals surface area contributed by atoms with Crippen molar-refractivity contribution in [2.45, 2.75) is 12.5 Å². The van der Waals surface area contributed by atoms with E-state index in [0.29, 0.717) is 13.1 Å². The van der Waals surface area contributed by atoms with Gasteiger partial charge in [0.15, 0.2) is 5.90 Å². The smallest absolute Gasteiger partial charge is 0.188 e. The second-order valence-corrected chi connectivity index (χ2v) is 3.73. The van der Waals surface area contributed by atoms with E-state index >= 15 is 0 Å². The summed E-state index contributed by atoms with van der Waals surface area (Å²) in [5.74, 6) is 1.64. The Hall–Kier alpha value is -1.55. The minimum absolute atomic E-state index is 0.0632. The van der Waals surface area contributed by atoms with Crippen LogP contribution in [0.15, 0.2) is 29.3 Å². The van der Waals surface area contributed by atoms with Crippen molar-refractivity contribution in [2.75, 3.05) is 20.2 Å². The standard InChI is InChI=1S/C12H16N2O2/c1-15-10-4-2-9(3-5-10)6-12-14-8-11(7-13)16-12/h2-5,11H,6-8,13H2,1H3. The quantitative estimate of drug-likeness (QED) is 0.823. The first-order chi connectivity index (χ1) is 7.81. The lowest BCUT2D eigenvalue weighted by atomic mass is 10.1. The molecule has 16 heavy (non-hydrogen) atoms. The van der Waals surface area contributed by atoms with Crippen LogP contribution in [0.4, 0.5) is 0 Å². The topological polar surface area (TPSA) is 56.8 Å². The van der Waals surface area contributed by atoms with Crippen LogP contribution in [-0.4, -0.2) is 32.2 Å². The number of aliphatic imine (C=N–C) groups is 1. The molecule has 0 bridgehead atoms. The first-order valence-electron chi connectivity index (χ1n) is 5.35. The van der Waals surface area contributed by atoms with E-state index in [9.17, 15) is 0 Å². The Bertz CT molecular complexity index is 373. The fourth-order valence-electron chi connectivity index (χ4n) is 1.61. The van der Waals surface area contributed by atoms with Crippen LogP contribution in [0.1, 0.15) is 5.56 Å². The van der Waals surface area contributed by atoms with Gasteiger partial charge in [0.05, 0.1) is 13.7 Å². The van der Waals surface area contributed by atoms with Gasteiger partial charge in [0.25, 0.3) is 0 Å². The zero-order valence-electron chi connectivity index (χ0n) is 9.35. The largest absolute Gasteiger partial charge is 0.497 e. The van der Waals surface area contributed by atoms with Gasteiger partial charge in [-0.1, -0.05) is 12.1 Å². The van der Waals surface area contributed by atoms with Gasteiger partial charge in [-0.15, -0.1) is 0 Å².